The lowest BCUT2D eigenvalue weighted by atomic mass is 9.87. The molecule has 1 fully saturated rings. The molecule has 0 saturated carbocycles. The first-order valence-electron chi connectivity index (χ1n) is 11.9. The molecule has 0 bridgehead atoms. The number of rotatable bonds is 5. The zero-order valence-corrected chi connectivity index (χ0v) is 21.1. The largest absolute Gasteiger partial charge is 0.478 e. The molecule has 1 aliphatic rings. The van der Waals surface area contributed by atoms with Gasteiger partial charge in [-0.15, -0.1) is 0 Å². The first-order valence-corrected chi connectivity index (χ1v) is 12.3. The van der Waals surface area contributed by atoms with Gasteiger partial charge in [-0.2, -0.15) is 0 Å². The first-order chi connectivity index (χ1) is 16.6. The Morgan fingerprint density at radius 2 is 1.60 bits per heavy atom. The number of amides is 1. The van der Waals surface area contributed by atoms with Crippen molar-refractivity contribution in [3.63, 3.8) is 0 Å². The summed E-state index contributed by atoms with van der Waals surface area (Å²) in [6, 6.07) is 20.8. The maximum Gasteiger partial charge on any atom is 0.335 e. The van der Waals surface area contributed by atoms with Gasteiger partial charge in [-0.25, -0.2) is 4.79 Å². The molecule has 1 saturated heterocycles. The van der Waals surface area contributed by atoms with E-state index in [0.717, 1.165) is 37.3 Å². The summed E-state index contributed by atoms with van der Waals surface area (Å²) >= 11 is 6.35. The van der Waals surface area contributed by atoms with Crippen LogP contribution in [0, 0.1) is 0 Å². The predicted octanol–water partition coefficient (Wildman–Crippen LogP) is 6.97. The summed E-state index contributed by atoms with van der Waals surface area (Å²) < 4.78 is 0. The fourth-order valence-electron chi connectivity index (χ4n) is 4.52. The van der Waals surface area contributed by atoms with Crippen LogP contribution in [0.1, 0.15) is 71.4 Å². The summed E-state index contributed by atoms with van der Waals surface area (Å²) in [6.07, 6.45) is 1.92. The van der Waals surface area contributed by atoms with E-state index < -0.39 is 5.97 Å². The van der Waals surface area contributed by atoms with Gasteiger partial charge in [0, 0.05) is 24.3 Å². The lowest BCUT2D eigenvalue weighted by Gasteiger charge is -2.34. The number of hydrogen-bond donors (Lipinski definition) is 2. The smallest absolute Gasteiger partial charge is 0.335 e. The van der Waals surface area contributed by atoms with E-state index in [1.807, 2.05) is 30.3 Å². The van der Waals surface area contributed by atoms with Crippen LogP contribution in [0.3, 0.4) is 0 Å². The Hall–Kier alpha value is -3.31. The Kier molecular flexibility index (Phi) is 7.18. The Morgan fingerprint density at radius 3 is 2.20 bits per heavy atom. The first kappa shape index (κ1) is 24.8. The fourth-order valence-corrected chi connectivity index (χ4v) is 4.82. The van der Waals surface area contributed by atoms with Gasteiger partial charge in [0.1, 0.15) is 0 Å². The van der Waals surface area contributed by atoms with Crippen molar-refractivity contribution in [2.24, 2.45) is 0 Å². The minimum absolute atomic E-state index is 0.0191. The van der Waals surface area contributed by atoms with Crippen LogP contribution in [0.15, 0.2) is 66.7 Å². The molecule has 5 nitrogen and oxygen atoms in total. The van der Waals surface area contributed by atoms with Crippen molar-refractivity contribution in [3.05, 3.63) is 94.0 Å². The summed E-state index contributed by atoms with van der Waals surface area (Å²) in [4.78, 5) is 26.1. The standard InChI is InChI=1S/C29H31ClN2O3/c1-29(2,3)23-5-4-6-24(18-23)31-27(33)21-9-7-19(8-10-21)20-13-15-32(16-14-20)26-12-11-22(28(34)35)17-25(26)30/h4-12,17-18,20H,13-16H2,1-3H3,(H,31,33)(H,34,35). The molecular formula is C29H31ClN2O3. The highest BCUT2D eigenvalue weighted by Gasteiger charge is 2.23. The van der Waals surface area contributed by atoms with Gasteiger partial charge in [-0.1, -0.05) is 56.6 Å². The second kappa shape index (κ2) is 10.1. The van der Waals surface area contributed by atoms with E-state index in [4.69, 9.17) is 16.7 Å². The summed E-state index contributed by atoms with van der Waals surface area (Å²) in [7, 11) is 0. The van der Waals surface area contributed by atoms with Crippen molar-refractivity contribution < 1.29 is 14.7 Å². The number of carboxylic acids is 1. The molecule has 35 heavy (non-hydrogen) atoms. The van der Waals surface area contributed by atoms with Crippen molar-refractivity contribution >= 4 is 34.9 Å². The van der Waals surface area contributed by atoms with Gasteiger partial charge >= 0.3 is 5.97 Å². The van der Waals surface area contributed by atoms with Crippen LogP contribution in [0.4, 0.5) is 11.4 Å². The second-order valence-electron chi connectivity index (χ2n) is 10.1. The molecule has 0 atom stereocenters. The topological polar surface area (TPSA) is 69.6 Å². The number of nitrogens with one attached hydrogen (secondary N) is 1. The molecule has 3 aromatic rings. The van der Waals surface area contributed by atoms with Crippen LogP contribution in [-0.4, -0.2) is 30.1 Å². The quantitative estimate of drug-likeness (QED) is 0.405. The Labute approximate surface area is 211 Å². The average molecular weight is 491 g/mol. The molecule has 1 amide bonds. The molecule has 4 rings (SSSR count). The zero-order valence-electron chi connectivity index (χ0n) is 20.3. The number of aromatic carboxylic acids is 1. The highest BCUT2D eigenvalue weighted by Crippen LogP contribution is 2.34. The number of nitrogens with zero attached hydrogens (tertiary/aromatic N) is 1. The van der Waals surface area contributed by atoms with Crippen LogP contribution in [0.2, 0.25) is 5.02 Å². The van der Waals surface area contributed by atoms with Gasteiger partial charge < -0.3 is 15.3 Å². The molecule has 2 N–H and O–H groups in total. The maximum absolute atomic E-state index is 12.8. The molecule has 1 heterocycles. The molecular weight excluding hydrogens is 460 g/mol. The van der Waals surface area contributed by atoms with Crippen molar-refractivity contribution in [3.8, 4) is 0 Å². The van der Waals surface area contributed by atoms with Gasteiger partial charge in [0.05, 0.1) is 16.3 Å². The summed E-state index contributed by atoms with van der Waals surface area (Å²) in [5, 5.41) is 12.6. The van der Waals surface area contributed by atoms with E-state index in [-0.39, 0.29) is 16.9 Å². The molecule has 0 radical (unpaired) electrons. The highest BCUT2D eigenvalue weighted by molar-refractivity contribution is 6.33. The molecule has 1 aliphatic heterocycles. The Bertz CT molecular complexity index is 1220. The van der Waals surface area contributed by atoms with E-state index in [9.17, 15) is 9.59 Å². The minimum Gasteiger partial charge on any atom is -0.478 e. The molecule has 0 aromatic heterocycles. The number of carbonyl (C=O) groups is 2. The second-order valence-corrected chi connectivity index (χ2v) is 10.5. The van der Waals surface area contributed by atoms with Crippen molar-refractivity contribution in [1.82, 2.24) is 0 Å². The van der Waals surface area contributed by atoms with Gasteiger partial charge in [0.2, 0.25) is 0 Å². The van der Waals surface area contributed by atoms with E-state index in [0.29, 0.717) is 16.5 Å². The Balaban J connectivity index is 1.37. The van der Waals surface area contributed by atoms with Gasteiger partial charge in [-0.3, -0.25) is 4.79 Å². The fraction of sp³-hybridized carbons (Fsp3) is 0.310. The number of anilines is 2. The lowest BCUT2D eigenvalue weighted by molar-refractivity contribution is 0.0696. The zero-order chi connectivity index (χ0) is 25.2. The average Bonchev–Trinajstić information content (AvgIpc) is 2.84. The SMILES string of the molecule is CC(C)(C)c1cccc(NC(=O)c2ccc(C3CCN(c4ccc(C(=O)O)cc4Cl)CC3)cc2)c1. The molecule has 0 aliphatic carbocycles. The van der Waals surface area contributed by atoms with Crippen molar-refractivity contribution in [2.45, 2.75) is 44.9 Å². The molecule has 6 heteroatoms. The van der Waals surface area contributed by atoms with E-state index in [1.165, 1.54) is 17.2 Å². The number of hydrogen-bond acceptors (Lipinski definition) is 3. The number of halogens is 1. The van der Waals surface area contributed by atoms with Gasteiger partial charge in [-0.05, 0) is 77.8 Å². The summed E-state index contributed by atoms with van der Waals surface area (Å²) in [5.41, 5.74) is 4.92. The molecule has 0 unspecified atom stereocenters. The molecule has 182 valence electrons. The van der Waals surface area contributed by atoms with Crippen LogP contribution in [0.5, 0.6) is 0 Å². The number of carboxylic acid groups (broad SMARTS) is 1. The summed E-state index contributed by atoms with van der Waals surface area (Å²) in [6.45, 7) is 8.13. The van der Waals surface area contributed by atoms with E-state index >= 15 is 0 Å². The van der Waals surface area contributed by atoms with E-state index in [2.05, 4.69) is 49.2 Å². The Morgan fingerprint density at radius 1 is 0.943 bits per heavy atom. The van der Waals surface area contributed by atoms with Crippen LogP contribution >= 0.6 is 11.6 Å². The highest BCUT2D eigenvalue weighted by atomic mass is 35.5. The third kappa shape index (κ3) is 5.85. The van der Waals surface area contributed by atoms with Crippen LogP contribution in [0.25, 0.3) is 0 Å². The minimum atomic E-state index is -0.979. The maximum atomic E-state index is 12.8. The third-order valence-corrected chi connectivity index (χ3v) is 6.96. The van der Waals surface area contributed by atoms with Crippen molar-refractivity contribution in [2.75, 3.05) is 23.3 Å². The monoisotopic (exact) mass is 490 g/mol. The van der Waals surface area contributed by atoms with Gasteiger partial charge in [0.15, 0.2) is 0 Å². The van der Waals surface area contributed by atoms with E-state index in [1.54, 1.807) is 12.1 Å². The molecule has 3 aromatic carbocycles. The number of benzene rings is 3. The number of piperidine rings is 1. The summed E-state index contributed by atoms with van der Waals surface area (Å²) in [5.74, 6) is -0.687. The predicted molar refractivity (Wildman–Crippen MR) is 142 cm³/mol. The normalized spacial score (nSPS) is 14.6. The molecule has 0 spiro atoms. The number of carbonyl (C=O) groups excluding carboxylic acids is 1. The van der Waals surface area contributed by atoms with Gasteiger partial charge in [0.25, 0.3) is 5.91 Å². The lowest BCUT2D eigenvalue weighted by Crippen LogP contribution is -2.33. The van der Waals surface area contributed by atoms with Crippen molar-refractivity contribution in [1.29, 1.82) is 0 Å². The van der Waals surface area contributed by atoms with Crippen LogP contribution < -0.4 is 10.2 Å². The van der Waals surface area contributed by atoms with Crippen LogP contribution in [-0.2, 0) is 5.41 Å². The third-order valence-electron chi connectivity index (χ3n) is 6.66.